The Morgan fingerprint density at radius 1 is 1.28 bits per heavy atom. The smallest absolute Gasteiger partial charge is 0.118 e. The van der Waals surface area contributed by atoms with Crippen molar-refractivity contribution in [3.05, 3.63) is 29.8 Å². The first-order chi connectivity index (χ1) is 8.63. The molecule has 0 saturated heterocycles. The SMILES string of the molecule is CCC(C)(CO)CNCCc1ccc(OC)cc1. The van der Waals surface area contributed by atoms with Crippen LogP contribution in [0, 0.1) is 5.41 Å². The lowest BCUT2D eigenvalue weighted by atomic mass is 9.88. The van der Waals surface area contributed by atoms with Crippen LogP contribution in [0.4, 0.5) is 0 Å². The Balaban J connectivity index is 2.29. The standard InChI is InChI=1S/C15H25NO2/c1-4-15(2,12-17)11-16-10-9-13-5-7-14(18-3)8-6-13/h5-8,16-17H,4,9-12H2,1-3H3. The molecule has 0 heterocycles. The number of ether oxygens (including phenoxy) is 1. The van der Waals surface area contributed by atoms with Crippen LogP contribution in [0.25, 0.3) is 0 Å². The molecule has 0 fully saturated rings. The maximum Gasteiger partial charge on any atom is 0.118 e. The van der Waals surface area contributed by atoms with Gasteiger partial charge in [0.2, 0.25) is 0 Å². The summed E-state index contributed by atoms with van der Waals surface area (Å²) in [5.41, 5.74) is 1.30. The highest BCUT2D eigenvalue weighted by molar-refractivity contribution is 5.27. The average molecular weight is 251 g/mol. The minimum Gasteiger partial charge on any atom is -0.497 e. The molecule has 0 radical (unpaired) electrons. The largest absolute Gasteiger partial charge is 0.497 e. The molecule has 1 aromatic carbocycles. The first-order valence-corrected chi connectivity index (χ1v) is 6.58. The molecule has 1 rings (SSSR count). The normalized spacial score (nSPS) is 14.2. The van der Waals surface area contributed by atoms with Gasteiger partial charge >= 0.3 is 0 Å². The summed E-state index contributed by atoms with van der Waals surface area (Å²) in [6.45, 7) is 6.24. The van der Waals surface area contributed by atoms with Crippen molar-refractivity contribution in [3.63, 3.8) is 0 Å². The fraction of sp³-hybridized carbons (Fsp3) is 0.600. The van der Waals surface area contributed by atoms with Gasteiger partial charge in [0.05, 0.1) is 7.11 Å². The van der Waals surface area contributed by atoms with Gasteiger partial charge in [0.15, 0.2) is 0 Å². The van der Waals surface area contributed by atoms with Gasteiger partial charge in [-0.2, -0.15) is 0 Å². The third-order valence-corrected chi connectivity index (χ3v) is 3.54. The molecule has 1 aromatic rings. The van der Waals surface area contributed by atoms with Gasteiger partial charge in [0, 0.05) is 18.6 Å². The molecule has 2 N–H and O–H groups in total. The van der Waals surface area contributed by atoms with Crippen molar-refractivity contribution in [3.8, 4) is 5.75 Å². The molecule has 0 aliphatic heterocycles. The predicted molar refractivity (Wildman–Crippen MR) is 75.1 cm³/mol. The van der Waals surface area contributed by atoms with Gasteiger partial charge in [-0.3, -0.25) is 0 Å². The molecule has 3 nitrogen and oxygen atoms in total. The van der Waals surface area contributed by atoms with Gasteiger partial charge in [0.1, 0.15) is 5.75 Å². The maximum atomic E-state index is 9.31. The number of rotatable bonds is 8. The fourth-order valence-electron chi connectivity index (χ4n) is 1.71. The van der Waals surface area contributed by atoms with Crippen LogP contribution in [0.3, 0.4) is 0 Å². The van der Waals surface area contributed by atoms with Gasteiger partial charge in [0.25, 0.3) is 0 Å². The second-order valence-corrected chi connectivity index (χ2v) is 5.10. The van der Waals surface area contributed by atoms with E-state index in [2.05, 4.69) is 31.3 Å². The lowest BCUT2D eigenvalue weighted by Crippen LogP contribution is -2.35. The summed E-state index contributed by atoms with van der Waals surface area (Å²) in [7, 11) is 1.68. The molecule has 0 aliphatic rings. The van der Waals surface area contributed by atoms with Gasteiger partial charge in [-0.15, -0.1) is 0 Å². The van der Waals surface area contributed by atoms with Crippen LogP contribution in [0.15, 0.2) is 24.3 Å². The Hall–Kier alpha value is -1.06. The van der Waals surface area contributed by atoms with Crippen molar-refractivity contribution in [2.45, 2.75) is 26.7 Å². The van der Waals surface area contributed by atoms with Crippen LogP contribution in [-0.4, -0.2) is 31.9 Å². The summed E-state index contributed by atoms with van der Waals surface area (Å²) in [6, 6.07) is 8.15. The minimum atomic E-state index is -0.0000912. The summed E-state index contributed by atoms with van der Waals surface area (Å²) < 4.78 is 5.13. The van der Waals surface area contributed by atoms with E-state index in [-0.39, 0.29) is 12.0 Å². The zero-order valence-electron chi connectivity index (χ0n) is 11.7. The molecular formula is C15H25NO2. The molecule has 18 heavy (non-hydrogen) atoms. The second kappa shape index (κ2) is 7.39. The number of benzene rings is 1. The van der Waals surface area contributed by atoms with E-state index in [4.69, 9.17) is 4.74 Å². The first kappa shape index (κ1) is 15.0. The Morgan fingerprint density at radius 3 is 2.44 bits per heavy atom. The molecule has 0 amide bonds. The maximum absolute atomic E-state index is 9.31. The highest BCUT2D eigenvalue weighted by Crippen LogP contribution is 2.18. The monoisotopic (exact) mass is 251 g/mol. The van der Waals surface area contributed by atoms with Crippen molar-refractivity contribution in [2.75, 3.05) is 26.8 Å². The third-order valence-electron chi connectivity index (χ3n) is 3.54. The first-order valence-electron chi connectivity index (χ1n) is 6.58. The number of hydrogen-bond donors (Lipinski definition) is 2. The molecule has 0 saturated carbocycles. The van der Waals surface area contributed by atoms with E-state index >= 15 is 0 Å². The van der Waals surface area contributed by atoms with Crippen molar-refractivity contribution in [1.29, 1.82) is 0 Å². The fourth-order valence-corrected chi connectivity index (χ4v) is 1.71. The molecule has 0 spiro atoms. The van der Waals surface area contributed by atoms with E-state index in [1.165, 1.54) is 5.56 Å². The molecule has 3 heteroatoms. The van der Waals surface area contributed by atoms with Crippen molar-refractivity contribution < 1.29 is 9.84 Å². The highest BCUT2D eigenvalue weighted by Gasteiger charge is 2.19. The van der Waals surface area contributed by atoms with E-state index in [0.717, 1.165) is 31.7 Å². The van der Waals surface area contributed by atoms with E-state index < -0.39 is 0 Å². The molecule has 1 atom stereocenters. The summed E-state index contributed by atoms with van der Waals surface area (Å²) in [5, 5.41) is 12.7. The summed E-state index contributed by atoms with van der Waals surface area (Å²) in [6.07, 6.45) is 1.98. The van der Waals surface area contributed by atoms with Crippen LogP contribution in [0.5, 0.6) is 5.75 Å². The highest BCUT2D eigenvalue weighted by atomic mass is 16.5. The molecule has 0 aliphatic carbocycles. The van der Waals surface area contributed by atoms with Crippen LogP contribution in [-0.2, 0) is 6.42 Å². The van der Waals surface area contributed by atoms with E-state index in [9.17, 15) is 5.11 Å². The van der Waals surface area contributed by atoms with Crippen molar-refractivity contribution in [1.82, 2.24) is 5.32 Å². The van der Waals surface area contributed by atoms with Crippen LogP contribution in [0.1, 0.15) is 25.8 Å². The number of aliphatic hydroxyl groups is 1. The van der Waals surface area contributed by atoms with Crippen LogP contribution in [0.2, 0.25) is 0 Å². The minimum absolute atomic E-state index is 0.0000912. The van der Waals surface area contributed by atoms with E-state index in [0.29, 0.717) is 0 Å². The Labute approximate surface area is 110 Å². The Morgan fingerprint density at radius 2 is 1.94 bits per heavy atom. The lowest BCUT2D eigenvalue weighted by molar-refractivity contribution is 0.136. The zero-order valence-corrected chi connectivity index (χ0v) is 11.7. The predicted octanol–water partition coefficient (Wildman–Crippen LogP) is 2.24. The zero-order chi connectivity index (χ0) is 13.4. The molecule has 0 bridgehead atoms. The molecule has 1 unspecified atom stereocenters. The Bertz CT molecular complexity index is 331. The van der Waals surface area contributed by atoms with Gasteiger partial charge < -0.3 is 15.2 Å². The average Bonchev–Trinajstić information content (AvgIpc) is 2.44. The summed E-state index contributed by atoms with van der Waals surface area (Å²) in [4.78, 5) is 0. The topological polar surface area (TPSA) is 41.5 Å². The van der Waals surface area contributed by atoms with Crippen molar-refractivity contribution >= 4 is 0 Å². The van der Waals surface area contributed by atoms with Gasteiger partial charge in [-0.1, -0.05) is 26.0 Å². The van der Waals surface area contributed by atoms with E-state index in [1.54, 1.807) is 7.11 Å². The third kappa shape index (κ3) is 4.67. The van der Waals surface area contributed by atoms with Gasteiger partial charge in [-0.25, -0.2) is 0 Å². The lowest BCUT2D eigenvalue weighted by Gasteiger charge is -2.25. The van der Waals surface area contributed by atoms with Gasteiger partial charge in [-0.05, 0) is 37.1 Å². The van der Waals surface area contributed by atoms with E-state index in [1.807, 2.05) is 12.1 Å². The number of nitrogens with one attached hydrogen (secondary N) is 1. The quantitative estimate of drug-likeness (QED) is 0.696. The van der Waals surface area contributed by atoms with Crippen LogP contribution < -0.4 is 10.1 Å². The molecular weight excluding hydrogens is 226 g/mol. The summed E-state index contributed by atoms with van der Waals surface area (Å²) in [5.74, 6) is 0.894. The van der Waals surface area contributed by atoms with Crippen LogP contribution >= 0.6 is 0 Å². The number of methoxy groups -OCH3 is 1. The second-order valence-electron chi connectivity index (χ2n) is 5.10. The summed E-state index contributed by atoms with van der Waals surface area (Å²) >= 11 is 0. The molecule has 0 aromatic heterocycles. The molecule has 102 valence electrons. The van der Waals surface area contributed by atoms with Crippen molar-refractivity contribution in [2.24, 2.45) is 5.41 Å². The Kier molecular flexibility index (Phi) is 6.16. The number of hydrogen-bond acceptors (Lipinski definition) is 3. The number of aliphatic hydroxyl groups excluding tert-OH is 1.